The number of rotatable bonds is 3. The molecule has 1 N–H and O–H groups in total. The van der Waals surface area contributed by atoms with Gasteiger partial charge in [-0.05, 0) is 29.7 Å². The van der Waals surface area contributed by atoms with Crippen LogP contribution in [0.1, 0.15) is 11.1 Å². The molecule has 1 heterocycles. The third-order valence-corrected chi connectivity index (χ3v) is 4.75. The SMILES string of the molecule is O=C(CSc1ccccc1O)N1CCc2ccccc2C1. The van der Waals surface area contributed by atoms with E-state index in [1.807, 2.05) is 29.2 Å². The smallest absolute Gasteiger partial charge is 0.233 e. The van der Waals surface area contributed by atoms with Gasteiger partial charge in [-0.15, -0.1) is 11.8 Å². The van der Waals surface area contributed by atoms with Gasteiger partial charge in [0.05, 0.1) is 5.75 Å². The van der Waals surface area contributed by atoms with Crippen molar-refractivity contribution in [1.29, 1.82) is 0 Å². The monoisotopic (exact) mass is 299 g/mol. The van der Waals surface area contributed by atoms with Gasteiger partial charge in [0.1, 0.15) is 5.75 Å². The molecule has 0 spiro atoms. The van der Waals surface area contributed by atoms with Crippen LogP contribution in [-0.2, 0) is 17.8 Å². The van der Waals surface area contributed by atoms with Gasteiger partial charge in [0.2, 0.25) is 5.91 Å². The van der Waals surface area contributed by atoms with Gasteiger partial charge in [-0.1, -0.05) is 36.4 Å². The Labute approximate surface area is 128 Å². The van der Waals surface area contributed by atoms with Crippen molar-refractivity contribution in [2.24, 2.45) is 0 Å². The Kier molecular flexibility index (Phi) is 4.15. The number of phenols is 1. The van der Waals surface area contributed by atoms with E-state index in [0.29, 0.717) is 12.3 Å². The molecule has 0 unspecified atom stereocenters. The van der Waals surface area contributed by atoms with Crippen molar-refractivity contribution in [3.05, 3.63) is 59.7 Å². The van der Waals surface area contributed by atoms with Crippen LogP contribution in [0.25, 0.3) is 0 Å². The zero-order chi connectivity index (χ0) is 14.7. The zero-order valence-electron chi connectivity index (χ0n) is 11.7. The largest absolute Gasteiger partial charge is 0.507 e. The number of fused-ring (bicyclic) bond motifs is 1. The van der Waals surface area contributed by atoms with Gasteiger partial charge in [-0.2, -0.15) is 0 Å². The number of carbonyl (C=O) groups is 1. The van der Waals surface area contributed by atoms with E-state index in [4.69, 9.17) is 0 Å². The minimum Gasteiger partial charge on any atom is -0.507 e. The molecule has 0 fully saturated rings. The Balaban J connectivity index is 1.61. The fourth-order valence-electron chi connectivity index (χ4n) is 2.52. The molecule has 1 aliphatic rings. The van der Waals surface area contributed by atoms with Crippen LogP contribution in [0, 0.1) is 0 Å². The number of amides is 1. The third-order valence-electron chi connectivity index (χ3n) is 3.70. The van der Waals surface area contributed by atoms with E-state index in [1.165, 1.54) is 22.9 Å². The van der Waals surface area contributed by atoms with Gasteiger partial charge in [0.15, 0.2) is 0 Å². The number of hydrogen-bond acceptors (Lipinski definition) is 3. The van der Waals surface area contributed by atoms with Gasteiger partial charge in [-0.3, -0.25) is 4.79 Å². The quantitative estimate of drug-likeness (QED) is 0.886. The Bertz CT molecular complexity index is 657. The summed E-state index contributed by atoms with van der Waals surface area (Å²) in [4.78, 5) is 15.0. The molecule has 3 rings (SSSR count). The first-order chi connectivity index (χ1) is 10.2. The van der Waals surface area contributed by atoms with Crippen molar-refractivity contribution >= 4 is 17.7 Å². The molecule has 0 atom stereocenters. The van der Waals surface area contributed by atoms with Crippen molar-refractivity contribution in [2.45, 2.75) is 17.9 Å². The highest BCUT2D eigenvalue weighted by atomic mass is 32.2. The first-order valence-corrected chi connectivity index (χ1v) is 7.98. The Morgan fingerprint density at radius 3 is 2.62 bits per heavy atom. The molecule has 0 aromatic heterocycles. The minimum atomic E-state index is 0.123. The molecule has 0 aliphatic carbocycles. The molecule has 2 aromatic carbocycles. The lowest BCUT2D eigenvalue weighted by Gasteiger charge is -2.28. The molecule has 3 nitrogen and oxygen atoms in total. The number of para-hydroxylation sites is 1. The first kappa shape index (κ1) is 14.0. The fourth-order valence-corrected chi connectivity index (χ4v) is 3.37. The predicted octanol–water partition coefficient (Wildman–Crippen LogP) is 3.07. The molecule has 0 saturated carbocycles. The number of carbonyl (C=O) groups excluding carboxylic acids is 1. The highest BCUT2D eigenvalue weighted by Crippen LogP contribution is 2.28. The second-order valence-corrected chi connectivity index (χ2v) is 6.11. The fraction of sp³-hybridized carbons (Fsp3) is 0.235. The lowest BCUT2D eigenvalue weighted by atomic mass is 10.00. The molecule has 0 radical (unpaired) electrons. The molecular weight excluding hydrogens is 282 g/mol. The van der Waals surface area contributed by atoms with Crippen LogP contribution in [-0.4, -0.2) is 28.2 Å². The van der Waals surface area contributed by atoms with Gasteiger partial charge in [0.25, 0.3) is 0 Å². The molecule has 0 saturated heterocycles. The number of benzene rings is 2. The molecule has 2 aromatic rings. The van der Waals surface area contributed by atoms with Crippen molar-refractivity contribution < 1.29 is 9.90 Å². The first-order valence-electron chi connectivity index (χ1n) is 6.99. The summed E-state index contributed by atoms with van der Waals surface area (Å²) in [6, 6.07) is 15.4. The van der Waals surface area contributed by atoms with Crippen LogP contribution in [0.15, 0.2) is 53.4 Å². The van der Waals surface area contributed by atoms with Gasteiger partial charge >= 0.3 is 0 Å². The Hall–Kier alpha value is -1.94. The van der Waals surface area contributed by atoms with Crippen molar-refractivity contribution in [2.75, 3.05) is 12.3 Å². The molecule has 1 amide bonds. The van der Waals surface area contributed by atoms with Gasteiger partial charge in [0, 0.05) is 18.0 Å². The van der Waals surface area contributed by atoms with Gasteiger partial charge in [-0.25, -0.2) is 0 Å². The summed E-state index contributed by atoms with van der Waals surface area (Å²) in [5.41, 5.74) is 2.58. The van der Waals surface area contributed by atoms with Crippen LogP contribution in [0.5, 0.6) is 5.75 Å². The summed E-state index contributed by atoms with van der Waals surface area (Å²) in [5, 5.41) is 9.72. The van der Waals surface area contributed by atoms with Crippen LogP contribution in [0.4, 0.5) is 0 Å². The zero-order valence-corrected chi connectivity index (χ0v) is 12.5. The molecule has 0 bridgehead atoms. The average Bonchev–Trinajstić information content (AvgIpc) is 2.53. The van der Waals surface area contributed by atoms with E-state index in [-0.39, 0.29) is 11.7 Å². The molecule has 21 heavy (non-hydrogen) atoms. The second kappa shape index (κ2) is 6.22. The lowest BCUT2D eigenvalue weighted by Crippen LogP contribution is -2.37. The van der Waals surface area contributed by atoms with Crippen molar-refractivity contribution in [3.63, 3.8) is 0 Å². The highest BCUT2D eigenvalue weighted by Gasteiger charge is 2.20. The van der Waals surface area contributed by atoms with Crippen LogP contribution >= 0.6 is 11.8 Å². The summed E-state index contributed by atoms with van der Waals surface area (Å²) in [6.45, 7) is 1.47. The summed E-state index contributed by atoms with van der Waals surface area (Å²) < 4.78 is 0. The average molecular weight is 299 g/mol. The summed E-state index contributed by atoms with van der Waals surface area (Å²) in [5.74, 6) is 0.719. The second-order valence-electron chi connectivity index (χ2n) is 5.09. The number of aromatic hydroxyl groups is 1. The van der Waals surface area contributed by atoms with Crippen LogP contribution in [0.3, 0.4) is 0 Å². The Morgan fingerprint density at radius 1 is 1.10 bits per heavy atom. The maximum atomic E-state index is 12.3. The van der Waals surface area contributed by atoms with E-state index in [0.717, 1.165) is 17.9 Å². The minimum absolute atomic E-state index is 0.123. The maximum absolute atomic E-state index is 12.3. The Morgan fingerprint density at radius 2 is 1.81 bits per heavy atom. The standard InChI is InChI=1S/C17H17NO2S/c19-15-7-3-4-8-16(15)21-12-17(20)18-10-9-13-5-1-2-6-14(13)11-18/h1-8,19H,9-12H2. The molecule has 108 valence electrons. The van der Waals surface area contributed by atoms with Crippen LogP contribution in [0.2, 0.25) is 0 Å². The van der Waals surface area contributed by atoms with Crippen LogP contribution < -0.4 is 0 Å². The summed E-state index contributed by atoms with van der Waals surface area (Å²) >= 11 is 1.39. The highest BCUT2D eigenvalue weighted by molar-refractivity contribution is 8.00. The third kappa shape index (κ3) is 3.22. The number of nitrogens with zero attached hydrogens (tertiary/aromatic N) is 1. The molecular formula is C17H17NO2S. The molecule has 4 heteroatoms. The normalized spacial score (nSPS) is 13.8. The molecule has 1 aliphatic heterocycles. The summed E-state index contributed by atoms with van der Waals surface area (Å²) in [6.07, 6.45) is 0.920. The van der Waals surface area contributed by atoms with E-state index in [2.05, 4.69) is 12.1 Å². The predicted molar refractivity (Wildman–Crippen MR) is 84.4 cm³/mol. The number of hydrogen-bond donors (Lipinski definition) is 1. The summed E-state index contributed by atoms with van der Waals surface area (Å²) in [7, 11) is 0. The lowest BCUT2D eigenvalue weighted by molar-refractivity contribution is -0.129. The van der Waals surface area contributed by atoms with E-state index in [9.17, 15) is 9.90 Å². The van der Waals surface area contributed by atoms with E-state index >= 15 is 0 Å². The number of thioether (sulfide) groups is 1. The van der Waals surface area contributed by atoms with Crippen molar-refractivity contribution in [1.82, 2.24) is 4.90 Å². The maximum Gasteiger partial charge on any atom is 0.233 e. The topological polar surface area (TPSA) is 40.5 Å². The van der Waals surface area contributed by atoms with E-state index < -0.39 is 0 Å². The van der Waals surface area contributed by atoms with Crippen molar-refractivity contribution in [3.8, 4) is 5.75 Å². The van der Waals surface area contributed by atoms with E-state index in [1.54, 1.807) is 12.1 Å². The number of phenolic OH excluding ortho intramolecular Hbond substituents is 1. The van der Waals surface area contributed by atoms with Gasteiger partial charge < -0.3 is 10.0 Å².